The number of methoxy groups -OCH3 is 1. The largest absolute Gasteiger partial charge is 0.468 e. The van der Waals surface area contributed by atoms with Gasteiger partial charge in [0.2, 0.25) is 5.78 Å². The highest BCUT2D eigenvalue weighted by molar-refractivity contribution is 7.99. The van der Waals surface area contributed by atoms with Crippen molar-refractivity contribution in [2.45, 2.75) is 44.7 Å². The summed E-state index contributed by atoms with van der Waals surface area (Å²) in [5.74, 6) is 0.581. The maximum absolute atomic E-state index is 13.8. The maximum atomic E-state index is 13.8. The Labute approximate surface area is 198 Å². The lowest BCUT2D eigenvalue weighted by molar-refractivity contribution is -0.137. The third-order valence-electron chi connectivity index (χ3n) is 5.90. The predicted molar refractivity (Wildman–Crippen MR) is 128 cm³/mol. The number of thioether (sulfide) groups is 1. The van der Waals surface area contributed by atoms with E-state index < -0.39 is 0 Å². The summed E-state index contributed by atoms with van der Waals surface area (Å²) in [5, 5.41) is 9.94. The number of nitrogens with zero attached hydrogens (tertiary/aromatic N) is 4. The van der Waals surface area contributed by atoms with Crippen molar-refractivity contribution in [3.05, 3.63) is 56.7 Å². The summed E-state index contributed by atoms with van der Waals surface area (Å²) in [6, 6.07) is 9.83. The fourth-order valence-electron chi connectivity index (χ4n) is 4.10. The highest BCUT2D eigenvalue weighted by Crippen LogP contribution is 2.37. The first-order valence-electron chi connectivity index (χ1n) is 10.7. The van der Waals surface area contributed by atoms with Crippen LogP contribution in [0.15, 0.2) is 40.3 Å². The second kappa shape index (κ2) is 8.92. The van der Waals surface area contributed by atoms with Gasteiger partial charge in [-0.1, -0.05) is 55.9 Å². The van der Waals surface area contributed by atoms with E-state index >= 15 is 0 Å². The molecule has 0 saturated heterocycles. The van der Waals surface area contributed by atoms with Crippen LogP contribution in [0.5, 0.6) is 0 Å². The number of rotatable bonds is 6. The first-order chi connectivity index (χ1) is 16.0. The number of carbonyl (C=O) groups excluding carboxylic acids is 1. The molecule has 0 aliphatic carbocycles. The van der Waals surface area contributed by atoms with Gasteiger partial charge in [-0.25, -0.2) is 4.40 Å². The molecular weight excluding hydrogens is 460 g/mol. The molecule has 1 aliphatic heterocycles. The smallest absolute Gasteiger partial charge is 0.316 e. The van der Waals surface area contributed by atoms with E-state index in [1.54, 1.807) is 15.9 Å². The number of esters is 1. The van der Waals surface area contributed by atoms with Crippen LogP contribution in [0.2, 0.25) is 0 Å². The van der Waals surface area contributed by atoms with Crippen molar-refractivity contribution in [3.8, 4) is 0 Å². The first-order valence-corrected chi connectivity index (χ1v) is 12.6. The van der Waals surface area contributed by atoms with Gasteiger partial charge in [-0.3, -0.25) is 14.2 Å². The zero-order valence-corrected chi connectivity index (χ0v) is 20.2. The Morgan fingerprint density at radius 1 is 1.30 bits per heavy atom. The minimum absolute atomic E-state index is 0.0693. The first kappa shape index (κ1) is 22.1. The van der Waals surface area contributed by atoms with Crippen LogP contribution in [-0.2, 0) is 33.8 Å². The van der Waals surface area contributed by atoms with Crippen molar-refractivity contribution in [1.82, 2.24) is 19.2 Å². The lowest BCUT2D eigenvalue weighted by Crippen LogP contribution is -2.28. The van der Waals surface area contributed by atoms with E-state index in [-0.39, 0.29) is 23.4 Å². The quantitative estimate of drug-likeness (QED) is 0.306. The molecule has 4 aromatic rings. The summed E-state index contributed by atoms with van der Waals surface area (Å²) in [4.78, 5) is 27.5. The van der Waals surface area contributed by atoms with Gasteiger partial charge in [-0.05, 0) is 17.0 Å². The lowest BCUT2D eigenvalue weighted by Gasteiger charge is -2.26. The average molecular weight is 485 g/mol. The molecule has 0 spiro atoms. The van der Waals surface area contributed by atoms with Gasteiger partial charge in [0, 0.05) is 11.3 Å². The number of aromatic nitrogens is 4. The molecule has 10 heteroatoms. The molecule has 4 heterocycles. The van der Waals surface area contributed by atoms with E-state index in [4.69, 9.17) is 9.47 Å². The number of benzene rings is 1. The van der Waals surface area contributed by atoms with Gasteiger partial charge in [0.15, 0.2) is 5.16 Å². The van der Waals surface area contributed by atoms with Crippen molar-refractivity contribution in [3.63, 3.8) is 0 Å². The maximum Gasteiger partial charge on any atom is 0.316 e. The minimum atomic E-state index is -0.343. The fourth-order valence-corrected chi connectivity index (χ4v) is 6.17. The van der Waals surface area contributed by atoms with Gasteiger partial charge >= 0.3 is 5.97 Å². The molecule has 3 aromatic heterocycles. The number of carbonyl (C=O) groups is 1. The zero-order chi connectivity index (χ0) is 23.1. The Morgan fingerprint density at radius 2 is 2.09 bits per heavy atom. The topological polar surface area (TPSA) is 87.7 Å². The van der Waals surface area contributed by atoms with E-state index in [1.807, 2.05) is 34.7 Å². The minimum Gasteiger partial charge on any atom is -0.468 e. The predicted octanol–water partition coefficient (Wildman–Crippen LogP) is 3.52. The molecule has 0 saturated carbocycles. The monoisotopic (exact) mass is 484 g/mol. The van der Waals surface area contributed by atoms with Crippen LogP contribution in [0.25, 0.3) is 16.0 Å². The Morgan fingerprint density at radius 3 is 2.82 bits per heavy atom. The van der Waals surface area contributed by atoms with Crippen LogP contribution in [0.1, 0.15) is 29.9 Å². The summed E-state index contributed by atoms with van der Waals surface area (Å²) in [5.41, 5.74) is 1.99. The summed E-state index contributed by atoms with van der Waals surface area (Å²) in [6.07, 6.45) is 0.772. The number of thiophene rings is 1. The molecule has 0 bridgehead atoms. The summed E-state index contributed by atoms with van der Waals surface area (Å²) < 4.78 is 14.4. The standard InChI is InChI=1S/C23H24N4O4S2/c1-13(2)16-9-15-17(11-31-16)33-21-19(15)20(29)26(10-14-7-5-4-6-8-14)22-24-25-23(27(21)22)32-12-18(28)30-3/h4-8,13,16H,9-12H2,1-3H3/t16-/m1/s1. The van der Waals surface area contributed by atoms with E-state index in [0.29, 0.717) is 41.8 Å². The third kappa shape index (κ3) is 3.96. The van der Waals surface area contributed by atoms with Crippen LogP contribution >= 0.6 is 23.1 Å². The molecule has 0 fully saturated rings. The van der Waals surface area contributed by atoms with Gasteiger partial charge in [0.25, 0.3) is 5.56 Å². The molecule has 172 valence electrons. The third-order valence-corrected chi connectivity index (χ3v) is 7.99. The molecule has 8 nitrogen and oxygen atoms in total. The zero-order valence-electron chi connectivity index (χ0n) is 18.6. The van der Waals surface area contributed by atoms with Crippen LogP contribution < -0.4 is 5.56 Å². The van der Waals surface area contributed by atoms with Crippen LogP contribution in [0.4, 0.5) is 0 Å². The van der Waals surface area contributed by atoms with Crippen LogP contribution in [0.3, 0.4) is 0 Å². The van der Waals surface area contributed by atoms with Crippen LogP contribution in [-0.4, -0.2) is 44.1 Å². The second-order valence-electron chi connectivity index (χ2n) is 8.34. The highest BCUT2D eigenvalue weighted by Gasteiger charge is 2.30. The Balaban J connectivity index is 1.73. The molecule has 1 aliphatic rings. The Kier molecular flexibility index (Phi) is 5.98. The van der Waals surface area contributed by atoms with E-state index in [2.05, 4.69) is 24.0 Å². The van der Waals surface area contributed by atoms with E-state index in [1.165, 1.54) is 18.9 Å². The average Bonchev–Trinajstić information content (AvgIpc) is 3.41. The van der Waals surface area contributed by atoms with Crippen molar-refractivity contribution in [2.24, 2.45) is 5.92 Å². The second-order valence-corrected chi connectivity index (χ2v) is 10.4. The molecule has 33 heavy (non-hydrogen) atoms. The lowest BCUT2D eigenvalue weighted by atomic mass is 9.96. The van der Waals surface area contributed by atoms with Crippen molar-refractivity contribution in [1.29, 1.82) is 0 Å². The highest BCUT2D eigenvalue weighted by atomic mass is 32.2. The van der Waals surface area contributed by atoms with Crippen LogP contribution in [0, 0.1) is 5.92 Å². The normalized spacial score (nSPS) is 15.9. The van der Waals surface area contributed by atoms with E-state index in [0.717, 1.165) is 20.8 Å². The van der Waals surface area contributed by atoms with Crippen molar-refractivity contribution < 1.29 is 14.3 Å². The Bertz CT molecular complexity index is 1390. The summed E-state index contributed by atoms with van der Waals surface area (Å²) in [6.45, 7) is 5.15. The van der Waals surface area contributed by atoms with Gasteiger partial charge in [0.1, 0.15) is 4.83 Å². The van der Waals surface area contributed by atoms with Gasteiger partial charge in [-0.15, -0.1) is 21.5 Å². The number of fused-ring (bicyclic) bond motifs is 5. The van der Waals surface area contributed by atoms with Gasteiger partial charge < -0.3 is 9.47 Å². The molecule has 0 radical (unpaired) electrons. The molecule has 0 N–H and O–H groups in total. The number of hydrogen-bond acceptors (Lipinski definition) is 8. The number of hydrogen-bond donors (Lipinski definition) is 0. The molecule has 1 aromatic carbocycles. The Hall–Kier alpha value is -2.69. The molecule has 1 atom stereocenters. The summed E-state index contributed by atoms with van der Waals surface area (Å²) in [7, 11) is 1.36. The van der Waals surface area contributed by atoms with Crippen molar-refractivity contribution >= 4 is 45.1 Å². The molecule has 0 unspecified atom stereocenters. The van der Waals surface area contributed by atoms with Crippen molar-refractivity contribution in [2.75, 3.05) is 12.9 Å². The molecular formula is C23H24N4O4S2. The number of ether oxygens (including phenoxy) is 2. The fraction of sp³-hybridized carbons (Fsp3) is 0.391. The summed E-state index contributed by atoms with van der Waals surface area (Å²) >= 11 is 2.80. The SMILES string of the molecule is COC(=O)CSc1nnc2n(Cc3ccccc3)c(=O)c3c4c(sc3n12)CO[C@@H](C(C)C)C4. The molecule has 5 rings (SSSR count). The van der Waals surface area contributed by atoms with E-state index in [9.17, 15) is 9.59 Å². The van der Waals surface area contributed by atoms with Gasteiger partial charge in [-0.2, -0.15) is 0 Å². The van der Waals surface area contributed by atoms with Gasteiger partial charge in [0.05, 0.1) is 37.5 Å². The molecule has 0 amide bonds.